The van der Waals surface area contributed by atoms with Crippen molar-refractivity contribution in [2.75, 3.05) is 19.4 Å². The summed E-state index contributed by atoms with van der Waals surface area (Å²) < 4.78 is 11.5. The second-order valence-corrected chi connectivity index (χ2v) is 12.1. The summed E-state index contributed by atoms with van der Waals surface area (Å²) in [6, 6.07) is 17.8. The summed E-state index contributed by atoms with van der Waals surface area (Å²) in [4.78, 5) is 59.3. The standard InChI is InChI=1S/C31H33N3O7S/c1-31(2,3)41-30(38)32-23-27(36)34-24(22(18-42-28(23)34)17-21-15-16-33(39-4)26(21)35)29(37)40-25(19-11-7-5-8-12-19)20-13-9-6-10-14-20/h5-14,17,23,25,28H,15-16,18H2,1-4H3,(H,32,38)/t23-,28-/m1/s1. The number of carbonyl (C=O) groups is 4. The van der Waals surface area contributed by atoms with Crippen LogP contribution in [0.15, 0.2) is 83.6 Å². The van der Waals surface area contributed by atoms with Crippen molar-refractivity contribution in [1.29, 1.82) is 0 Å². The molecule has 2 aromatic carbocycles. The first-order chi connectivity index (χ1) is 20.1. The van der Waals surface area contributed by atoms with E-state index < -0.39 is 41.1 Å². The van der Waals surface area contributed by atoms with Crippen LogP contribution in [0.5, 0.6) is 0 Å². The maximum absolute atomic E-state index is 14.0. The van der Waals surface area contributed by atoms with Crippen LogP contribution in [0.25, 0.3) is 0 Å². The molecule has 0 spiro atoms. The average molecular weight is 592 g/mol. The molecule has 10 nitrogen and oxygen atoms in total. The highest BCUT2D eigenvalue weighted by Gasteiger charge is 2.55. The lowest BCUT2D eigenvalue weighted by Crippen LogP contribution is -2.70. The quantitative estimate of drug-likeness (QED) is 0.291. The number of nitrogens with one attached hydrogen (secondary N) is 1. The van der Waals surface area contributed by atoms with Gasteiger partial charge in [0.05, 0.1) is 13.7 Å². The largest absolute Gasteiger partial charge is 0.448 e. The number of fused-ring (bicyclic) bond motifs is 1. The molecule has 3 heterocycles. The van der Waals surface area contributed by atoms with Gasteiger partial charge in [0, 0.05) is 11.3 Å². The molecule has 0 aliphatic carbocycles. The Kier molecular flexibility index (Phi) is 8.42. The van der Waals surface area contributed by atoms with Crippen molar-refractivity contribution in [3.63, 3.8) is 0 Å². The Balaban J connectivity index is 1.49. The Bertz CT molecular complexity index is 1400. The Morgan fingerprint density at radius 1 is 1.02 bits per heavy atom. The molecule has 3 aliphatic heterocycles. The second kappa shape index (κ2) is 12.0. The first-order valence-electron chi connectivity index (χ1n) is 13.6. The summed E-state index contributed by atoms with van der Waals surface area (Å²) in [5.74, 6) is -1.15. The minimum absolute atomic E-state index is 0.0546. The van der Waals surface area contributed by atoms with E-state index in [0.29, 0.717) is 29.9 Å². The van der Waals surface area contributed by atoms with Gasteiger partial charge in [-0.2, -0.15) is 0 Å². The molecule has 0 bridgehead atoms. The van der Waals surface area contributed by atoms with Gasteiger partial charge in [-0.3, -0.25) is 19.3 Å². The molecule has 0 unspecified atom stereocenters. The molecule has 5 rings (SSSR count). The second-order valence-electron chi connectivity index (χ2n) is 11.0. The molecular formula is C31H33N3O7S. The van der Waals surface area contributed by atoms with Crippen LogP contribution in [-0.4, -0.2) is 70.3 Å². The number of benzene rings is 2. The molecule has 42 heavy (non-hydrogen) atoms. The van der Waals surface area contributed by atoms with Crippen molar-refractivity contribution < 1.29 is 33.5 Å². The van der Waals surface area contributed by atoms with Gasteiger partial charge in [-0.25, -0.2) is 14.7 Å². The summed E-state index contributed by atoms with van der Waals surface area (Å²) in [6.45, 7) is 5.59. The molecule has 2 atom stereocenters. The number of thioether (sulfide) groups is 1. The fourth-order valence-corrected chi connectivity index (χ4v) is 6.34. The van der Waals surface area contributed by atoms with Crippen molar-refractivity contribution in [1.82, 2.24) is 15.3 Å². The van der Waals surface area contributed by atoms with E-state index in [0.717, 1.165) is 11.1 Å². The van der Waals surface area contributed by atoms with Gasteiger partial charge in [-0.05, 0) is 50.0 Å². The van der Waals surface area contributed by atoms with Crippen molar-refractivity contribution >= 4 is 35.6 Å². The van der Waals surface area contributed by atoms with E-state index in [1.807, 2.05) is 60.7 Å². The molecule has 2 fully saturated rings. The van der Waals surface area contributed by atoms with Crippen molar-refractivity contribution in [2.45, 2.75) is 50.3 Å². The maximum Gasteiger partial charge on any atom is 0.408 e. The number of β-lactam (4-membered cyclic amide) rings is 1. The highest BCUT2D eigenvalue weighted by molar-refractivity contribution is 8.00. The topological polar surface area (TPSA) is 114 Å². The van der Waals surface area contributed by atoms with Crippen molar-refractivity contribution in [3.05, 3.63) is 94.7 Å². The zero-order chi connectivity index (χ0) is 30.0. The van der Waals surface area contributed by atoms with Gasteiger partial charge in [-0.1, -0.05) is 60.7 Å². The third-order valence-electron chi connectivity index (χ3n) is 6.95. The smallest absolute Gasteiger partial charge is 0.408 e. The average Bonchev–Trinajstić information content (AvgIpc) is 3.32. The molecule has 0 aromatic heterocycles. The third kappa shape index (κ3) is 6.07. The summed E-state index contributed by atoms with van der Waals surface area (Å²) >= 11 is 1.39. The van der Waals surface area contributed by atoms with Gasteiger partial charge < -0.3 is 14.8 Å². The van der Waals surface area contributed by atoms with Crippen molar-refractivity contribution in [2.24, 2.45) is 0 Å². The molecule has 3 amide bonds. The van der Waals surface area contributed by atoms with Crippen LogP contribution in [0.2, 0.25) is 0 Å². The number of allylic oxidation sites excluding steroid dienone is 1. The molecule has 0 radical (unpaired) electrons. The van der Waals surface area contributed by atoms with Crippen LogP contribution in [-0.2, 0) is 28.7 Å². The van der Waals surface area contributed by atoms with Crippen LogP contribution in [0.4, 0.5) is 4.79 Å². The first-order valence-corrected chi connectivity index (χ1v) is 14.7. The number of esters is 1. The molecule has 2 saturated heterocycles. The highest BCUT2D eigenvalue weighted by atomic mass is 32.2. The van der Waals surface area contributed by atoms with E-state index in [2.05, 4.69) is 5.32 Å². The normalized spacial score (nSPS) is 21.4. The SMILES string of the molecule is CON1CCC(=CC2=C(C(=O)OC(c3ccccc3)c3ccccc3)N3C(=O)[C@@H](NC(=O)OC(C)(C)C)[C@H]3SC2)C1=O. The molecule has 3 aliphatic rings. The summed E-state index contributed by atoms with van der Waals surface area (Å²) in [6.07, 6.45) is 0.633. The van der Waals surface area contributed by atoms with Gasteiger partial charge in [0.15, 0.2) is 6.10 Å². The zero-order valence-corrected chi connectivity index (χ0v) is 24.7. The number of hydrogen-bond donors (Lipinski definition) is 1. The Morgan fingerprint density at radius 3 is 2.19 bits per heavy atom. The summed E-state index contributed by atoms with van der Waals surface area (Å²) in [7, 11) is 1.42. The number of alkyl carbamates (subject to hydrolysis) is 1. The van der Waals surface area contributed by atoms with Gasteiger partial charge in [0.25, 0.3) is 11.8 Å². The van der Waals surface area contributed by atoms with Crippen LogP contribution in [0, 0.1) is 0 Å². The molecule has 11 heteroatoms. The maximum atomic E-state index is 14.0. The Morgan fingerprint density at radius 2 is 1.64 bits per heavy atom. The number of hydrogen-bond acceptors (Lipinski definition) is 8. The van der Waals surface area contributed by atoms with E-state index in [4.69, 9.17) is 14.3 Å². The minimum atomic E-state index is -0.877. The molecule has 2 aromatic rings. The third-order valence-corrected chi connectivity index (χ3v) is 8.25. The molecule has 220 valence electrons. The van der Waals surface area contributed by atoms with Crippen molar-refractivity contribution in [3.8, 4) is 0 Å². The predicted octanol–water partition coefficient (Wildman–Crippen LogP) is 4.10. The molecular weight excluding hydrogens is 558 g/mol. The van der Waals surface area contributed by atoms with E-state index in [-0.39, 0.29) is 11.6 Å². The number of carbonyl (C=O) groups excluding carboxylic acids is 4. The highest BCUT2D eigenvalue weighted by Crippen LogP contribution is 2.42. The monoisotopic (exact) mass is 591 g/mol. The van der Waals surface area contributed by atoms with Gasteiger partial charge in [0.2, 0.25) is 0 Å². The van der Waals surface area contributed by atoms with Crippen LogP contribution in [0.3, 0.4) is 0 Å². The van der Waals surface area contributed by atoms with Crippen LogP contribution < -0.4 is 5.32 Å². The van der Waals surface area contributed by atoms with E-state index in [1.54, 1.807) is 26.8 Å². The number of ether oxygens (including phenoxy) is 2. The van der Waals surface area contributed by atoms with Gasteiger partial charge in [-0.15, -0.1) is 11.8 Å². The fraction of sp³-hybridized carbons (Fsp3) is 0.355. The Hall–Kier alpha value is -4.09. The minimum Gasteiger partial charge on any atom is -0.448 e. The molecule has 0 saturated carbocycles. The first kappa shape index (κ1) is 29.4. The zero-order valence-electron chi connectivity index (χ0n) is 23.9. The lowest BCUT2D eigenvalue weighted by molar-refractivity contribution is -0.164. The lowest BCUT2D eigenvalue weighted by atomic mass is 10.00. The summed E-state index contributed by atoms with van der Waals surface area (Å²) in [5.41, 5.74) is 1.81. The van der Waals surface area contributed by atoms with E-state index in [1.165, 1.54) is 28.8 Å². The predicted molar refractivity (Wildman–Crippen MR) is 156 cm³/mol. The molecule has 1 N–H and O–H groups in total. The number of hydroxylamine groups is 2. The lowest BCUT2D eigenvalue weighted by Gasteiger charge is -2.49. The number of nitrogens with zero attached hydrogens (tertiary/aromatic N) is 2. The number of amides is 3. The van der Waals surface area contributed by atoms with E-state index in [9.17, 15) is 19.2 Å². The Labute approximate surface area is 248 Å². The summed E-state index contributed by atoms with van der Waals surface area (Å²) in [5, 5.41) is 3.35. The van der Waals surface area contributed by atoms with Crippen LogP contribution >= 0.6 is 11.8 Å². The van der Waals surface area contributed by atoms with Gasteiger partial charge in [0.1, 0.15) is 22.7 Å². The fourth-order valence-electron chi connectivity index (χ4n) is 5.03. The van der Waals surface area contributed by atoms with Gasteiger partial charge >= 0.3 is 12.1 Å². The van der Waals surface area contributed by atoms with Crippen LogP contribution in [0.1, 0.15) is 44.4 Å². The number of rotatable bonds is 7. The van der Waals surface area contributed by atoms with E-state index >= 15 is 0 Å².